The number of phenolic OH excluding ortho intramolecular Hbond substituents is 1. The predicted molar refractivity (Wildman–Crippen MR) is 64.0 cm³/mol. The molecule has 0 radical (unpaired) electrons. The van der Waals surface area contributed by atoms with Crippen molar-refractivity contribution in [1.29, 1.82) is 0 Å². The van der Waals surface area contributed by atoms with Gasteiger partial charge in [-0.3, -0.25) is 4.98 Å². The molecule has 17 heavy (non-hydrogen) atoms. The summed E-state index contributed by atoms with van der Waals surface area (Å²) in [4.78, 5) is 4.30. The number of para-hydroxylation sites is 1. The van der Waals surface area contributed by atoms with Crippen molar-refractivity contribution >= 4 is 0 Å². The topological polar surface area (TPSA) is 42.4 Å². The second kappa shape index (κ2) is 4.09. The van der Waals surface area contributed by atoms with E-state index in [1.165, 1.54) is 0 Å². The molecule has 3 rings (SSSR count). The highest BCUT2D eigenvalue weighted by Crippen LogP contribution is 2.39. The number of aromatic hydroxyl groups is 1. The van der Waals surface area contributed by atoms with Gasteiger partial charge in [0.1, 0.15) is 6.10 Å². The smallest absolute Gasteiger partial charge is 0.165 e. The normalized spacial score (nSPS) is 18.2. The van der Waals surface area contributed by atoms with E-state index < -0.39 is 0 Å². The number of fused-ring (bicyclic) bond motifs is 1. The fraction of sp³-hybridized carbons (Fsp3) is 0.214. The van der Waals surface area contributed by atoms with E-state index in [2.05, 4.69) is 4.98 Å². The first-order valence-corrected chi connectivity index (χ1v) is 5.73. The molecule has 2 aromatic rings. The zero-order valence-electron chi connectivity index (χ0n) is 9.34. The average molecular weight is 227 g/mol. The number of benzene rings is 1. The minimum atomic E-state index is -0.0583. The summed E-state index contributed by atoms with van der Waals surface area (Å²) in [6, 6.07) is 11.3. The van der Waals surface area contributed by atoms with Gasteiger partial charge in [-0.2, -0.15) is 0 Å². The number of hydrogen-bond acceptors (Lipinski definition) is 3. The molecule has 0 spiro atoms. The Hall–Kier alpha value is -2.03. The minimum absolute atomic E-state index is 0.0583. The van der Waals surface area contributed by atoms with Crippen LogP contribution in [0.5, 0.6) is 11.5 Å². The summed E-state index contributed by atoms with van der Waals surface area (Å²) in [6.45, 7) is 0. The van der Waals surface area contributed by atoms with Crippen LogP contribution in [-0.2, 0) is 6.42 Å². The molecular weight excluding hydrogens is 214 g/mol. The Labute approximate surface area is 99.7 Å². The molecule has 86 valence electrons. The molecule has 3 heteroatoms. The van der Waals surface area contributed by atoms with Crippen LogP contribution in [0.3, 0.4) is 0 Å². The fourth-order valence-electron chi connectivity index (χ4n) is 2.17. The third-order valence-electron chi connectivity index (χ3n) is 3.03. The monoisotopic (exact) mass is 227 g/mol. The fourth-order valence-corrected chi connectivity index (χ4v) is 2.17. The Morgan fingerprint density at radius 3 is 2.94 bits per heavy atom. The number of ether oxygens (including phenoxy) is 1. The van der Waals surface area contributed by atoms with Crippen LogP contribution >= 0.6 is 0 Å². The van der Waals surface area contributed by atoms with E-state index in [4.69, 9.17) is 4.74 Å². The molecule has 0 saturated carbocycles. The zero-order chi connectivity index (χ0) is 11.7. The molecule has 1 aliphatic rings. The molecule has 1 N–H and O–H groups in total. The summed E-state index contributed by atoms with van der Waals surface area (Å²) in [5.74, 6) is 0.817. The molecule has 0 fully saturated rings. The molecule has 0 amide bonds. The van der Waals surface area contributed by atoms with Crippen molar-refractivity contribution < 1.29 is 9.84 Å². The lowest BCUT2D eigenvalue weighted by Crippen LogP contribution is -2.16. The second-order valence-corrected chi connectivity index (χ2v) is 4.17. The molecule has 0 saturated heterocycles. The van der Waals surface area contributed by atoms with E-state index >= 15 is 0 Å². The molecular formula is C14H13NO2. The van der Waals surface area contributed by atoms with Gasteiger partial charge < -0.3 is 9.84 Å². The molecule has 0 unspecified atom stereocenters. The lowest BCUT2D eigenvalue weighted by atomic mass is 10.00. The summed E-state index contributed by atoms with van der Waals surface area (Å²) >= 11 is 0. The maximum absolute atomic E-state index is 9.78. The van der Waals surface area contributed by atoms with Crippen molar-refractivity contribution in [2.45, 2.75) is 18.9 Å². The molecule has 0 aliphatic carbocycles. The van der Waals surface area contributed by atoms with E-state index in [0.717, 1.165) is 24.1 Å². The van der Waals surface area contributed by atoms with E-state index in [1.807, 2.05) is 30.3 Å². The Balaban J connectivity index is 1.93. The van der Waals surface area contributed by atoms with Crippen LogP contribution in [-0.4, -0.2) is 10.1 Å². The summed E-state index contributed by atoms with van der Waals surface area (Å²) in [7, 11) is 0. The Bertz CT molecular complexity index is 525. The van der Waals surface area contributed by atoms with Gasteiger partial charge in [-0.05, 0) is 36.6 Å². The first-order chi connectivity index (χ1) is 8.34. The molecule has 0 bridgehead atoms. The largest absolute Gasteiger partial charge is 0.504 e. The lowest BCUT2D eigenvalue weighted by Gasteiger charge is -2.26. The van der Waals surface area contributed by atoms with Crippen molar-refractivity contribution in [2.75, 3.05) is 0 Å². The number of hydrogen-bond donors (Lipinski definition) is 1. The van der Waals surface area contributed by atoms with Gasteiger partial charge in [-0.25, -0.2) is 0 Å². The Kier molecular flexibility index (Phi) is 2.44. The van der Waals surface area contributed by atoms with Gasteiger partial charge in [-0.1, -0.05) is 18.2 Å². The molecule has 1 aliphatic heterocycles. The summed E-state index contributed by atoms with van der Waals surface area (Å²) in [6.07, 6.45) is 3.51. The average Bonchev–Trinajstić information content (AvgIpc) is 2.40. The highest BCUT2D eigenvalue weighted by atomic mass is 16.5. The van der Waals surface area contributed by atoms with Gasteiger partial charge >= 0.3 is 0 Å². The van der Waals surface area contributed by atoms with Crippen molar-refractivity contribution in [3.05, 3.63) is 53.9 Å². The SMILES string of the molecule is Oc1cccc2c1O[C@@H](c1ccccn1)CC2. The van der Waals surface area contributed by atoms with Gasteiger partial charge in [0.2, 0.25) is 0 Å². The molecule has 1 aromatic heterocycles. The summed E-state index contributed by atoms with van der Waals surface area (Å²) in [5.41, 5.74) is 1.98. The summed E-state index contributed by atoms with van der Waals surface area (Å²) in [5, 5.41) is 9.78. The number of nitrogens with zero attached hydrogens (tertiary/aromatic N) is 1. The van der Waals surface area contributed by atoms with Gasteiger partial charge in [0, 0.05) is 6.20 Å². The Morgan fingerprint density at radius 1 is 1.18 bits per heavy atom. The molecule has 2 heterocycles. The van der Waals surface area contributed by atoms with Crippen molar-refractivity contribution in [3.8, 4) is 11.5 Å². The van der Waals surface area contributed by atoms with Crippen LogP contribution in [0.4, 0.5) is 0 Å². The predicted octanol–water partition coefficient (Wildman–Crippen LogP) is 2.85. The number of aryl methyl sites for hydroxylation is 1. The first-order valence-electron chi connectivity index (χ1n) is 5.73. The standard InChI is InChI=1S/C14H13NO2/c16-12-6-3-4-10-7-8-13(17-14(10)12)11-5-1-2-9-15-11/h1-6,9,13,16H,7-8H2/t13-/m1/s1. The lowest BCUT2D eigenvalue weighted by molar-refractivity contribution is 0.165. The van der Waals surface area contributed by atoms with E-state index in [9.17, 15) is 5.11 Å². The van der Waals surface area contributed by atoms with Crippen LogP contribution in [0.2, 0.25) is 0 Å². The number of pyridine rings is 1. The quantitative estimate of drug-likeness (QED) is 0.814. The molecule has 1 atom stereocenters. The zero-order valence-corrected chi connectivity index (χ0v) is 9.34. The van der Waals surface area contributed by atoms with Crippen LogP contribution < -0.4 is 4.74 Å². The molecule has 1 aromatic carbocycles. The third-order valence-corrected chi connectivity index (χ3v) is 3.03. The maximum Gasteiger partial charge on any atom is 0.165 e. The minimum Gasteiger partial charge on any atom is -0.504 e. The van der Waals surface area contributed by atoms with Crippen molar-refractivity contribution in [3.63, 3.8) is 0 Å². The number of aromatic nitrogens is 1. The Morgan fingerprint density at radius 2 is 2.12 bits per heavy atom. The van der Waals surface area contributed by atoms with Crippen LogP contribution in [0.25, 0.3) is 0 Å². The maximum atomic E-state index is 9.78. The number of rotatable bonds is 1. The van der Waals surface area contributed by atoms with E-state index in [0.29, 0.717) is 5.75 Å². The van der Waals surface area contributed by atoms with Gasteiger partial charge in [0.15, 0.2) is 11.5 Å². The molecule has 3 nitrogen and oxygen atoms in total. The van der Waals surface area contributed by atoms with Crippen LogP contribution in [0, 0.1) is 0 Å². The van der Waals surface area contributed by atoms with E-state index in [-0.39, 0.29) is 11.9 Å². The number of phenols is 1. The van der Waals surface area contributed by atoms with Gasteiger partial charge in [-0.15, -0.1) is 0 Å². The van der Waals surface area contributed by atoms with Crippen molar-refractivity contribution in [1.82, 2.24) is 4.98 Å². The van der Waals surface area contributed by atoms with Crippen LogP contribution in [0.1, 0.15) is 23.8 Å². The summed E-state index contributed by atoms with van der Waals surface area (Å²) < 4.78 is 5.84. The highest BCUT2D eigenvalue weighted by molar-refractivity contribution is 5.47. The third kappa shape index (κ3) is 1.84. The van der Waals surface area contributed by atoms with Gasteiger partial charge in [0.25, 0.3) is 0 Å². The van der Waals surface area contributed by atoms with Crippen molar-refractivity contribution in [2.24, 2.45) is 0 Å². The second-order valence-electron chi connectivity index (χ2n) is 4.17. The first kappa shape index (κ1) is 10.1. The highest BCUT2D eigenvalue weighted by Gasteiger charge is 2.23. The van der Waals surface area contributed by atoms with Crippen LogP contribution in [0.15, 0.2) is 42.6 Å². The van der Waals surface area contributed by atoms with E-state index in [1.54, 1.807) is 12.3 Å². The van der Waals surface area contributed by atoms with Gasteiger partial charge in [0.05, 0.1) is 5.69 Å².